The fourth-order valence-corrected chi connectivity index (χ4v) is 9.64. The third kappa shape index (κ3) is 3.88. The second-order valence-corrected chi connectivity index (χ2v) is 12.2. The molecule has 9 heteroatoms. The number of carbonyl (C=O) groups excluding carboxylic acids is 3. The molecule has 35 heavy (non-hydrogen) atoms. The van der Waals surface area contributed by atoms with Crippen molar-refractivity contribution in [3.05, 3.63) is 59.7 Å². The Kier molecular flexibility index (Phi) is 6.44. The number of para-hydroxylation sites is 2. The third-order valence-electron chi connectivity index (χ3n) is 7.45. The third-order valence-corrected chi connectivity index (χ3v) is 10.7. The first kappa shape index (κ1) is 24.3. The molecular formula is C26H28BrN3O4S. The predicted molar refractivity (Wildman–Crippen MR) is 141 cm³/mol. The molecule has 3 aliphatic rings. The molecule has 5 rings (SSSR count). The van der Waals surface area contributed by atoms with Crippen LogP contribution in [0.5, 0.6) is 0 Å². The number of nitrogens with one attached hydrogen (secondary N) is 2. The van der Waals surface area contributed by atoms with Crippen molar-refractivity contribution >= 4 is 56.8 Å². The summed E-state index contributed by atoms with van der Waals surface area (Å²) < 4.78 is -0.746. The Hall–Kier alpha value is -2.36. The number of halogens is 1. The summed E-state index contributed by atoms with van der Waals surface area (Å²) in [5.74, 6) is -1.93. The van der Waals surface area contributed by atoms with Crippen LogP contribution in [-0.2, 0) is 14.4 Å². The summed E-state index contributed by atoms with van der Waals surface area (Å²) >= 11 is 5.34. The van der Waals surface area contributed by atoms with Gasteiger partial charge in [-0.15, -0.1) is 11.8 Å². The number of likely N-dealkylation sites (tertiary alicyclic amines) is 1. The number of amides is 3. The number of nitrogens with zero attached hydrogens (tertiary/aromatic N) is 1. The summed E-state index contributed by atoms with van der Waals surface area (Å²) in [6, 6.07) is 14.2. The van der Waals surface area contributed by atoms with Crippen molar-refractivity contribution < 1.29 is 19.5 Å². The minimum absolute atomic E-state index is 0.00681. The van der Waals surface area contributed by atoms with Crippen LogP contribution in [0, 0.1) is 25.7 Å². The molecule has 3 unspecified atom stereocenters. The van der Waals surface area contributed by atoms with Gasteiger partial charge in [0.1, 0.15) is 6.04 Å². The lowest BCUT2D eigenvalue weighted by Crippen LogP contribution is -2.53. The van der Waals surface area contributed by atoms with Crippen molar-refractivity contribution in [3.63, 3.8) is 0 Å². The fourth-order valence-electron chi connectivity index (χ4n) is 6.03. The molecule has 3 heterocycles. The van der Waals surface area contributed by atoms with Crippen LogP contribution >= 0.6 is 27.7 Å². The number of rotatable bonds is 6. The van der Waals surface area contributed by atoms with Crippen molar-refractivity contribution in [2.24, 2.45) is 11.8 Å². The van der Waals surface area contributed by atoms with E-state index in [0.29, 0.717) is 12.1 Å². The van der Waals surface area contributed by atoms with Gasteiger partial charge in [0.05, 0.1) is 23.2 Å². The highest BCUT2D eigenvalue weighted by Gasteiger charge is 2.75. The van der Waals surface area contributed by atoms with Crippen molar-refractivity contribution in [1.29, 1.82) is 0 Å². The lowest BCUT2D eigenvalue weighted by molar-refractivity contribution is -0.138. The van der Waals surface area contributed by atoms with E-state index >= 15 is 0 Å². The Morgan fingerprint density at radius 1 is 1.09 bits per heavy atom. The van der Waals surface area contributed by atoms with Gasteiger partial charge in [-0.05, 0) is 43.5 Å². The largest absolute Gasteiger partial charge is 0.395 e. The predicted octanol–water partition coefficient (Wildman–Crippen LogP) is 3.34. The number of β-amino-alcohol motifs (C(OH)–C–C–N with tert-alkyl or cyclic N) is 1. The zero-order valence-electron chi connectivity index (χ0n) is 19.5. The number of hydrogen-bond acceptors (Lipinski definition) is 5. The van der Waals surface area contributed by atoms with E-state index in [1.165, 1.54) is 4.90 Å². The van der Waals surface area contributed by atoms with Crippen LogP contribution in [0.15, 0.2) is 48.5 Å². The fraction of sp³-hybridized carbons (Fsp3) is 0.423. The van der Waals surface area contributed by atoms with Gasteiger partial charge in [-0.3, -0.25) is 14.4 Å². The van der Waals surface area contributed by atoms with Crippen LogP contribution in [0.3, 0.4) is 0 Å². The molecule has 0 radical (unpaired) electrons. The number of hydrogen-bond donors (Lipinski definition) is 3. The summed E-state index contributed by atoms with van der Waals surface area (Å²) in [4.78, 5) is 42.6. The average molecular weight is 558 g/mol. The Morgan fingerprint density at radius 3 is 2.43 bits per heavy atom. The van der Waals surface area contributed by atoms with Crippen molar-refractivity contribution in [3.8, 4) is 0 Å². The van der Waals surface area contributed by atoms with Crippen LogP contribution in [0.1, 0.15) is 17.5 Å². The SMILES string of the molecule is Cc1cccc(C)c1NC(=O)C1N(CCO)C(=O)[C@@H]2[C@@H](C(=O)Nc3ccccc3)[C@@H]3SC12CC3Br. The van der Waals surface area contributed by atoms with Crippen LogP contribution in [0.4, 0.5) is 11.4 Å². The summed E-state index contributed by atoms with van der Waals surface area (Å²) in [5, 5.41) is 15.7. The monoisotopic (exact) mass is 557 g/mol. The highest BCUT2D eigenvalue weighted by Crippen LogP contribution is 2.67. The lowest BCUT2D eigenvalue weighted by Gasteiger charge is -2.35. The normalized spacial score (nSPS) is 30.9. The second kappa shape index (κ2) is 9.26. The smallest absolute Gasteiger partial charge is 0.248 e. The summed E-state index contributed by atoms with van der Waals surface area (Å²) in [7, 11) is 0. The number of aliphatic hydroxyl groups excluding tert-OH is 1. The van der Waals surface area contributed by atoms with Crippen molar-refractivity contribution in [1.82, 2.24) is 4.90 Å². The molecule has 3 amide bonds. The minimum Gasteiger partial charge on any atom is -0.395 e. The lowest BCUT2D eigenvalue weighted by atomic mass is 9.70. The molecule has 0 aromatic heterocycles. The molecule has 184 valence electrons. The molecule has 2 bridgehead atoms. The van der Waals surface area contributed by atoms with Gasteiger partial charge >= 0.3 is 0 Å². The first-order valence-electron chi connectivity index (χ1n) is 11.7. The maximum absolute atomic E-state index is 13.8. The molecule has 2 aromatic rings. The number of aryl methyl sites for hydroxylation is 2. The molecular weight excluding hydrogens is 530 g/mol. The van der Waals surface area contributed by atoms with E-state index < -0.39 is 22.6 Å². The van der Waals surface area contributed by atoms with Crippen molar-refractivity contribution in [2.45, 2.75) is 41.1 Å². The van der Waals surface area contributed by atoms with Gasteiger partial charge in [-0.2, -0.15) is 0 Å². The van der Waals surface area contributed by atoms with Gasteiger partial charge in [0, 0.05) is 28.0 Å². The van der Waals surface area contributed by atoms with Gasteiger partial charge < -0.3 is 20.6 Å². The summed E-state index contributed by atoms with van der Waals surface area (Å²) in [6.07, 6.45) is 0.598. The minimum atomic E-state index is -0.782. The van der Waals surface area contributed by atoms with E-state index in [9.17, 15) is 19.5 Å². The summed E-state index contributed by atoms with van der Waals surface area (Å²) in [5.41, 5.74) is 3.28. The molecule has 7 nitrogen and oxygen atoms in total. The standard InChI is InChI=1S/C26H28BrN3O4S/c1-14-7-6-8-15(2)20(14)29-24(33)22-26-13-17(27)21(35-26)18(19(26)25(34)30(22)11-12-31)23(32)28-16-9-4-3-5-10-16/h3-10,17-19,21-22,31H,11-13H2,1-2H3,(H,28,32)(H,29,33)/t17?,18-,19+,21-,22?,26?/m1/s1. The molecule has 6 atom stereocenters. The summed E-state index contributed by atoms with van der Waals surface area (Å²) in [6.45, 7) is 3.66. The average Bonchev–Trinajstić information content (AvgIpc) is 3.41. The zero-order valence-corrected chi connectivity index (χ0v) is 21.9. The Labute approximate surface area is 217 Å². The Morgan fingerprint density at radius 2 is 1.77 bits per heavy atom. The van der Waals surface area contributed by atoms with Crippen LogP contribution in [0.25, 0.3) is 0 Å². The van der Waals surface area contributed by atoms with E-state index in [2.05, 4.69) is 26.6 Å². The first-order chi connectivity index (χ1) is 16.8. The van der Waals surface area contributed by atoms with Crippen LogP contribution < -0.4 is 10.6 Å². The van der Waals surface area contributed by atoms with E-state index in [1.807, 2.05) is 62.4 Å². The van der Waals surface area contributed by atoms with Gasteiger partial charge in [0.25, 0.3) is 0 Å². The van der Waals surface area contributed by atoms with E-state index in [4.69, 9.17) is 0 Å². The topological polar surface area (TPSA) is 98.7 Å². The van der Waals surface area contributed by atoms with E-state index in [-0.39, 0.29) is 41.0 Å². The quantitative estimate of drug-likeness (QED) is 0.473. The van der Waals surface area contributed by atoms with Gasteiger partial charge in [-0.1, -0.05) is 52.3 Å². The first-order valence-corrected chi connectivity index (χ1v) is 13.5. The molecule has 3 aliphatic heterocycles. The maximum Gasteiger partial charge on any atom is 0.248 e. The molecule has 0 aliphatic carbocycles. The Balaban J connectivity index is 1.50. The van der Waals surface area contributed by atoms with Crippen molar-refractivity contribution in [2.75, 3.05) is 23.8 Å². The molecule has 1 spiro atoms. The van der Waals surface area contributed by atoms with Crippen LogP contribution in [-0.4, -0.2) is 61.7 Å². The van der Waals surface area contributed by atoms with E-state index in [1.54, 1.807) is 11.8 Å². The number of alkyl halides is 1. The molecule has 2 aromatic carbocycles. The molecule has 3 fully saturated rings. The number of carbonyl (C=O) groups is 3. The second-order valence-electron chi connectivity index (χ2n) is 9.53. The molecule has 3 N–H and O–H groups in total. The van der Waals surface area contributed by atoms with E-state index in [0.717, 1.165) is 16.8 Å². The molecule has 0 saturated carbocycles. The number of thioether (sulfide) groups is 1. The number of benzene rings is 2. The van der Waals surface area contributed by atoms with Gasteiger partial charge in [0.2, 0.25) is 17.7 Å². The molecule has 3 saturated heterocycles. The zero-order chi connectivity index (χ0) is 24.9. The highest BCUT2D eigenvalue weighted by molar-refractivity contribution is 9.09. The highest BCUT2D eigenvalue weighted by atomic mass is 79.9. The maximum atomic E-state index is 13.8. The number of anilines is 2. The van der Waals surface area contributed by atoms with Gasteiger partial charge in [-0.25, -0.2) is 0 Å². The number of fused-ring (bicyclic) bond motifs is 1. The van der Waals surface area contributed by atoms with Gasteiger partial charge in [0.15, 0.2) is 0 Å². The Bertz CT molecular complexity index is 1160. The van der Waals surface area contributed by atoms with Crippen LogP contribution in [0.2, 0.25) is 0 Å². The number of aliphatic hydroxyl groups is 1.